The molecule has 0 spiro atoms. The predicted molar refractivity (Wildman–Crippen MR) is 95.4 cm³/mol. The molecule has 0 aromatic carbocycles. The van der Waals surface area contributed by atoms with Crippen molar-refractivity contribution >= 4 is 17.9 Å². The molecule has 2 heterocycles. The van der Waals surface area contributed by atoms with Gasteiger partial charge in [0.1, 0.15) is 0 Å². The lowest BCUT2D eigenvalue weighted by molar-refractivity contribution is -0.113. The highest BCUT2D eigenvalue weighted by Gasteiger charge is 2.28. The second-order valence-electron chi connectivity index (χ2n) is 6.60. The highest BCUT2D eigenvalue weighted by Crippen LogP contribution is 2.33. The lowest BCUT2D eigenvalue weighted by Crippen LogP contribution is -2.19. The van der Waals surface area contributed by atoms with Crippen molar-refractivity contribution in [3.63, 3.8) is 0 Å². The van der Waals surface area contributed by atoms with Crippen LogP contribution in [-0.2, 0) is 4.79 Å². The largest absolute Gasteiger partial charge is 0.289 e. The molecule has 0 aliphatic heterocycles. The van der Waals surface area contributed by atoms with Gasteiger partial charge in [-0.3, -0.25) is 15.0 Å². The number of carbonyl (C=O) groups excluding carboxylic acids is 1. The van der Waals surface area contributed by atoms with Crippen LogP contribution in [0.15, 0.2) is 11.1 Å². The molecule has 25 heavy (non-hydrogen) atoms. The molecule has 0 unspecified atom stereocenters. The molecule has 0 amide bonds. The van der Waals surface area contributed by atoms with E-state index in [0.29, 0.717) is 24.0 Å². The van der Waals surface area contributed by atoms with Crippen LogP contribution in [0.4, 0.5) is 0 Å². The summed E-state index contributed by atoms with van der Waals surface area (Å²) < 4.78 is 0. The number of nitrogens with one attached hydrogen (secondary N) is 2. The number of hydrogen-bond donors (Lipinski definition) is 2. The van der Waals surface area contributed by atoms with Gasteiger partial charge in [-0.1, -0.05) is 0 Å². The van der Waals surface area contributed by atoms with Gasteiger partial charge in [0.05, 0.1) is 23.4 Å². The number of hydrogen-bond acceptors (Lipinski definition) is 4. The molecule has 0 atom stereocenters. The van der Waals surface area contributed by atoms with E-state index in [1.54, 1.807) is 0 Å². The van der Waals surface area contributed by atoms with Gasteiger partial charge in [-0.05, 0) is 52.7 Å². The van der Waals surface area contributed by atoms with Crippen molar-refractivity contribution < 1.29 is 4.79 Å². The summed E-state index contributed by atoms with van der Waals surface area (Å²) in [6.45, 7) is 7.66. The molecule has 6 nitrogen and oxygen atoms in total. The Hall–Kier alpha value is -2.94. The average Bonchev–Trinajstić information content (AvgIpc) is 3.07. The van der Waals surface area contributed by atoms with Gasteiger partial charge >= 0.3 is 0 Å². The second-order valence-corrected chi connectivity index (χ2v) is 6.60. The molecular weight excluding hydrogens is 314 g/mol. The maximum Gasteiger partial charge on any atom is 0.185 e. The monoisotopic (exact) mass is 335 g/mol. The van der Waals surface area contributed by atoms with E-state index in [1.165, 1.54) is 0 Å². The number of ketones is 1. The topological polar surface area (TPSA) is 98.2 Å². The highest BCUT2D eigenvalue weighted by molar-refractivity contribution is 6.14. The quantitative estimate of drug-likeness (QED) is 0.822. The SMILES string of the molecule is Cc1n[nH]c(C)c1/C=C1\CC(C#N)C/C(=C\c2c(C)n[nH]c2C)C1=O. The van der Waals surface area contributed by atoms with Crippen molar-refractivity contribution in [2.24, 2.45) is 5.92 Å². The van der Waals surface area contributed by atoms with E-state index in [0.717, 1.165) is 33.9 Å². The van der Waals surface area contributed by atoms with Gasteiger partial charge in [0, 0.05) is 33.7 Å². The summed E-state index contributed by atoms with van der Waals surface area (Å²) in [5, 5.41) is 23.6. The molecular formula is C19H21N5O. The predicted octanol–water partition coefficient (Wildman–Crippen LogP) is 3.34. The van der Waals surface area contributed by atoms with Gasteiger partial charge in [-0.2, -0.15) is 15.5 Å². The summed E-state index contributed by atoms with van der Waals surface area (Å²) in [4.78, 5) is 13.0. The first-order valence-corrected chi connectivity index (χ1v) is 8.29. The standard InChI is InChI=1S/C19H21N5O/c1-10-17(11(2)22-21-10)7-15-5-14(9-20)6-16(19(15)25)8-18-12(3)23-24-13(18)4/h7-8,14H,5-6H2,1-4H3,(H,21,22)(H,23,24)/b15-7+,16-8+. The first-order chi connectivity index (χ1) is 11.9. The molecule has 128 valence electrons. The van der Waals surface area contributed by atoms with Crippen LogP contribution >= 0.6 is 0 Å². The zero-order valence-corrected chi connectivity index (χ0v) is 14.9. The number of nitriles is 1. The molecule has 2 aromatic rings. The minimum Gasteiger partial charge on any atom is -0.289 e. The van der Waals surface area contributed by atoms with E-state index in [9.17, 15) is 10.1 Å². The van der Waals surface area contributed by atoms with Crippen molar-refractivity contribution in [2.75, 3.05) is 0 Å². The number of rotatable bonds is 2. The Morgan fingerprint density at radius 3 is 1.72 bits per heavy atom. The highest BCUT2D eigenvalue weighted by atomic mass is 16.1. The Kier molecular flexibility index (Phi) is 4.41. The van der Waals surface area contributed by atoms with Gasteiger partial charge in [-0.15, -0.1) is 0 Å². The van der Waals surface area contributed by atoms with E-state index in [-0.39, 0.29) is 11.7 Å². The van der Waals surface area contributed by atoms with Crippen LogP contribution in [0, 0.1) is 44.9 Å². The fourth-order valence-electron chi connectivity index (χ4n) is 3.23. The van der Waals surface area contributed by atoms with E-state index in [4.69, 9.17) is 0 Å². The van der Waals surface area contributed by atoms with E-state index in [1.807, 2.05) is 39.8 Å². The Bertz CT molecular complexity index is 828. The first-order valence-electron chi connectivity index (χ1n) is 8.29. The van der Waals surface area contributed by atoms with Gasteiger partial charge in [0.25, 0.3) is 0 Å². The van der Waals surface area contributed by atoms with E-state index >= 15 is 0 Å². The van der Waals surface area contributed by atoms with Gasteiger partial charge in [-0.25, -0.2) is 0 Å². The minimum atomic E-state index is -0.199. The van der Waals surface area contributed by atoms with Crippen LogP contribution in [-0.4, -0.2) is 26.2 Å². The third-order valence-corrected chi connectivity index (χ3v) is 4.71. The maximum absolute atomic E-state index is 13.0. The number of carbonyl (C=O) groups is 1. The zero-order chi connectivity index (χ0) is 18.1. The third kappa shape index (κ3) is 3.18. The molecule has 0 radical (unpaired) electrons. The number of aryl methyl sites for hydroxylation is 4. The lowest BCUT2D eigenvalue weighted by atomic mass is 9.80. The summed E-state index contributed by atoms with van der Waals surface area (Å²) in [6.07, 6.45) is 4.70. The third-order valence-electron chi connectivity index (χ3n) is 4.71. The molecule has 1 aliphatic carbocycles. The molecule has 1 saturated carbocycles. The van der Waals surface area contributed by atoms with Crippen molar-refractivity contribution in [3.05, 3.63) is 45.0 Å². The zero-order valence-electron chi connectivity index (χ0n) is 14.9. The fourth-order valence-corrected chi connectivity index (χ4v) is 3.23. The van der Waals surface area contributed by atoms with Gasteiger partial charge in [0.2, 0.25) is 0 Å². The number of allylic oxidation sites excluding steroid dienone is 2. The van der Waals surface area contributed by atoms with E-state index < -0.39 is 0 Å². The van der Waals surface area contributed by atoms with Crippen LogP contribution in [0.3, 0.4) is 0 Å². The van der Waals surface area contributed by atoms with Crippen LogP contribution < -0.4 is 0 Å². The summed E-state index contributed by atoms with van der Waals surface area (Å²) in [6, 6.07) is 2.32. The molecule has 0 bridgehead atoms. The fraction of sp³-hybridized carbons (Fsp3) is 0.368. The van der Waals surface area contributed by atoms with E-state index in [2.05, 4.69) is 26.5 Å². The Balaban J connectivity index is 2.04. The van der Waals surface area contributed by atoms with Crippen molar-refractivity contribution in [2.45, 2.75) is 40.5 Å². The van der Waals surface area contributed by atoms with Crippen LogP contribution in [0.1, 0.15) is 46.7 Å². The lowest BCUT2D eigenvalue weighted by Gasteiger charge is -2.21. The number of H-pyrrole nitrogens is 2. The summed E-state index contributed by atoms with van der Waals surface area (Å²) in [5.74, 6) is -0.193. The summed E-state index contributed by atoms with van der Waals surface area (Å²) >= 11 is 0. The minimum absolute atomic E-state index is 0.00602. The molecule has 1 fully saturated rings. The van der Waals surface area contributed by atoms with Gasteiger partial charge in [0.15, 0.2) is 5.78 Å². The average molecular weight is 335 g/mol. The molecule has 1 aliphatic rings. The number of Topliss-reactive ketones (excluding diaryl/α,β-unsaturated/α-hetero) is 1. The molecule has 2 aromatic heterocycles. The van der Waals surface area contributed by atoms with Crippen LogP contribution in [0.5, 0.6) is 0 Å². The first kappa shape index (κ1) is 16.9. The second kappa shape index (κ2) is 6.52. The van der Waals surface area contributed by atoms with Gasteiger partial charge < -0.3 is 0 Å². The molecule has 0 saturated heterocycles. The summed E-state index contributed by atoms with van der Waals surface area (Å²) in [7, 11) is 0. The number of nitrogens with zero attached hydrogens (tertiary/aromatic N) is 3. The molecule has 6 heteroatoms. The Morgan fingerprint density at radius 1 is 0.960 bits per heavy atom. The number of aromatic nitrogens is 4. The maximum atomic E-state index is 13.0. The number of aromatic amines is 2. The van der Waals surface area contributed by atoms with Crippen molar-refractivity contribution in [3.8, 4) is 6.07 Å². The smallest absolute Gasteiger partial charge is 0.185 e. The molecule has 3 rings (SSSR count). The van der Waals surface area contributed by atoms with Crippen molar-refractivity contribution in [1.82, 2.24) is 20.4 Å². The Labute approximate surface area is 146 Å². The summed E-state index contributed by atoms with van der Waals surface area (Å²) in [5.41, 5.74) is 6.72. The van der Waals surface area contributed by atoms with Crippen molar-refractivity contribution in [1.29, 1.82) is 5.26 Å². The Morgan fingerprint density at radius 2 is 1.40 bits per heavy atom. The van der Waals surface area contributed by atoms with Crippen LogP contribution in [0.2, 0.25) is 0 Å². The van der Waals surface area contributed by atoms with Crippen LogP contribution in [0.25, 0.3) is 12.2 Å². The molecule has 2 N–H and O–H groups in total. The normalized spacial score (nSPS) is 21.1.